The summed E-state index contributed by atoms with van der Waals surface area (Å²) in [7, 11) is 1.57. The Kier molecular flexibility index (Phi) is 7.07. The largest absolute Gasteiger partial charge is 0.485 e. The maximum absolute atomic E-state index is 11.1. The Morgan fingerprint density at radius 2 is 2.04 bits per heavy atom. The molecule has 1 unspecified atom stereocenters. The van der Waals surface area contributed by atoms with Gasteiger partial charge in [-0.3, -0.25) is 4.79 Å². The van der Waals surface area contributed by atoms with E-state index in [4.69, 9.17) is 23.7 Å². The number of hydrogen-bond acceptors (Lipinski definition) is 6. The Hall–Kier alpha value is -2.57. The van der Waals surface area contributed by atoms with Crippen molar-refractivity contribution >= 4 is 6.29 Å². The predicted molar refractivity (Wildman–Crippen MR) is 99.3 cm³/mol. The molecule has 0 bridgehead atoms. The quantitative estimate of drug-likeness (QED) is 0.490. The average molecular weight is 372 g/mol. The van der Waals surface area contributed by atoms with E-state index in [0.29, 0.717) is 36.0 Å². The van der Waals surface area contributed by atoms with Gasteiger partial charge in [0.15, 0.2) is 24.6 Å². The minimum Gasteiger partial charge on any atom is -0.485 e. The second-order valence-corrected chi connectivity index (χ2v) is 6.22. The summed E-state index contributed by atoms with van der Waals surface area (Å²) >= 11 is 0. The van der Waals surface area contributed by atoms with Crippen LogP contribution >= 0.6 is 0 Å². The molecule has 2 aromatic carbocycles. The van der Waals surface area contributed by atoms with E-state index in [1.165, 1.54) is 0 Å². The summed E-state index contributed by atoms with van der Waals surface area (Å²) in [5, 5.41) is 0. The molecule has 6 nitrogen and oxygen atoms in total. The van der Waals surface area contributed by atoms with Crippen LogP contribution in [0.2, 0.25) is 0 Å². The van der Waals surface area contributed by atoms with E-state index in [1.54, 1.807) is 25.3 Å². The average Bonchev–Trinajstić information content (AvgIpc) is 2.72. The van der Waals surface area contributed by atoms with Crippen LogP contribution < -0.4 is 14.2 Å². The molecule has 0 N–H and O–H groups in total. The van der Waals surface area contributed by atoms with E-state index < -0.39 is 0 Å². The molecule has 0 amide bonds. The number of hydrogen-bond donors (Lipinski definition) is 0. The first-order chi connectivity index (χ1) is 13.3. The highest BCUT2D eigenvalue weighted by Crippen LogP contribution is 2.31. The van der Waals surface area contributed by atoms with Gasteiger partial charge in [0.25, 0.3) is 0 Å². The first kappa shape index (κ1) is 19.2. The summed E-state index contributed by atoms with van der Waals surface area (Å²) < 4.78 is 27.9. The summed E-state index contributed by atoms with van der Waals surface area (Å²) in [5.41, 5.74) is 1.46. The van der Waals surface area contributed by atoms with Crippen LogP contribution in [0.15, 0.2) is 42.5 Å². The van der Waals surface area contributed by atoms with Gasteiger partial charge in [-0.25, -0.2) is 0 Å². The standard InChI is InChI=1S/C21H24O6/c1-23-15-26-18-6-4-5-17(11-18)14-25-20-12-16(13-22)8-9-19(20)27-21-7-2-3-10-24-21/h4-6,8-9,11-13,21H,2-3,7,10,14-15H2,1H3. The maximum atomic E-state index is 11.1. The molecule has 0 radical (unpaired) electrons. The van der Waals surface area contributed by atoms with E-state index in [-0.39, 0.29) is 13.1 Å². The maximum Gasteiger partial charge on any atom is 0.200 e. The molecule has 0 aromatic heterocycles. The van der Waals surface area contributed by atoms with Crippen LogP contribution in [0.25, 0.3) is 0 Å². The van der Waals surface area contributed by atoms with E-state index in [2.05, 4.69) is 0 Å². The zero-order chi connectivity index (χ0) is 18.9. The molecule has 1 saturated heterocycles. The number of carbonyl (C=O) groups excluding carboxylic acids is 1. The van der Waals surface area contributed by atoms with Gasteiger partial charge in [-0.05, 0) is 48.7 Å². The van der Waals surface area contributed by atoms with Crippen LogP contribution in [0.4, 0.5) is 0 Å². The monoisotopic (exact) mass is 372 g/mol. The molecular formula is C21H24O6. The van der Waals surface area contributed by atoms with Gasteiger partial charge in [0.2, 0.25) is 0 Å². The fraction of sp³-hybridized carbons (Fsp3) is 0.381. The predicted octanol–water partition coefficient (Wildman–Crippen LogP) is 3.97. The summed E-state index contributed by atoms with van der Waals surface area (Å²) in [6, 6.07) is 12.7. The van der Waals surface area contributed by atoms with Crippen LogP contribution in [-0.4, -0.2) is 33.1 Å². The summed E-state index contributed by atoms with van der Waals surface area (Å²) in [4.78, 5) is 11.1. The molecule has 0 saturated carbocycles. The molecule has 144 valence electrons. The number of carbonyl (C=O) groups is 1. The molecule has 2 aromatic rings. The molecule has 1 aliphatic rings. The SMILES string of the molecule is COCOc1cccc(COc2cc(C=O)ccc2OC2CCCCO2)c1. The van der Waals surface area contributed by atoms with Crippen molar-refractivity contribution in [2.45, 2.75) is 32.2 Å². The smallest absolute Gasteiger partial charge is 0.200 e. The molecule has 3 rings (SSSR count). The van der Waals surface area contributed by atoms with Crippen LogP contribution in [0.3, 0.4) is 0 Å². The second kappa shape index (κ2) is 9.94. The lowest BCUT2D eigenvalue weighted by molar-refractivity contribution is -0.106. The van der Waals surface area contributed by atoms with Crippen molar-refractivity contribution in [1.29, 1.82) is 0 Å². The zero-order valence-corrected chi connectivity index (χ0v) is 15.4. The van der Waals surface area contributed by atoms with Crippen molar-refractivity contribution in [3.8, 4) is 17.2 Å². The van der Waals surface area contributed by atoms with Crippen molar-refractivity contribution < 1.29 is 28.5 Å². The highest BCUT2D eigenvalue weighted by atomic mass is 16.7. The van der Waals surface area contributed by atoms with Gasteiger partial charge in [0.05, 0.1) is 6.61 Å². The minimum atomic E-state index is -0.283. The van der Waals surface area contributed by atoms with E-state index in [9.17, 15) is 4.79 Å². The molecule has 1 aliphatic heterocycles. The first-order valence-corrected chi connectivity index (χ1v) is 8.99. The van der Waals surface area contributed by atoms with Gasteiger partial charge in [0.1, 0.15) is 18.6 Å². The van der Waals surface area contributed by atoms with Crippen LogP contribution in [0.1, 0.15) is 35.2 Å². The van der Waals surface area contributed by atoms with Crippen LogP contribution in [0.5, 0.6) is 17.2 Å². The van der Waals surface area contributed by atoms with E-state index in [1.807, 2.05) is 24.3 Å². The Morgan fingerprint density at radius 1 is 1.11 bits per heavy atom. The van der Waals surface area contributed by atoms with Crippen molar-refractivity contribution in [2.75, 3.05) is 20.5 Å². The van der Waals surface area contributed by atoms with Gasteiger partial charge < -0.3 is 23.7 Å². The second-order valence-electron chi connectivity index (χ2n) is 6.22. The lowest BCUT2D eigenvalue weighted by atomic mass is 10.2. The summed E-state index contributed by atoms with van der Waals surface area (Å²) in [6.45, 7) is 1.20. The molecule has 0 aliphatic carbocycles. The molecule has 1 atom stereocenters. The van der Waals surface area contributed by atoms with Gasteiger partial charge in [-0.2, -0.15) is 0 Å². The third-order valence-electron chi connectivity index (χ3n) is 4.14. The fourth-order valence-electron chi connectivity index (χ4n) is 2.77. The normalized spacial score (nSPS) is 16.6. The molecule has 6 heteroatoms. The van der Waals surface area contributed by atoms with Gasteiger partial charge in [-0.15, -0.1) is 0 Å². The highest BCUT2D eigenvalue weighted by molar-refractivity contribution is 5.76. The van der Waals surface area contributed by atoms with Gasteiger partial charge in [0, 0.05) is 19.1 Å². The summed E-state index contributed by atoms with van der Waals surface area (Å²) in [5.74, 6) is 1.78. The lowest BCUT2D eigenvalue weighted by Gasteiger charge is -2.24. The topological polar surface area (TPSA) is 63.2 Å². The van der Waals surface area contributed by atoms with Crippen molar-refractivity contribution in [3.63, 3.8) is 0 Å². The van der Waals surface area contributed by atoms with Crippen LogP contribution in [-0.2, 0) is 16.1 Å². The number of benzene rings is 2. The highest BCUT2D eigenvalue weighted by Gasteiger charge is 2.18. The van der Waals surface area contributed by atoms with E-state index in [0.717, 1.165) is 31.1 Å². The first-order valence-electron chi connectivity index (χ1n) is 8.99. The van der Waals surface area contributed by atoms with E-state index >= 15 is 0 Å². The van der Waals surface area contributed by atoms with Gasteiger partial charge >= 0.3 is 0 Å². The molecule has 27 heavy (non-hydrogen) atoms. The zero-order valence-electron chi connectivity index (χ0n) is 15.4. The third-order valence-corrected chi connectivity index (χ3v) is 4.14. The van der Waals surface area contributed by atoms with Crippen molar-refractivity contribution in [2.24, 2.45) is 0 Å². The third kappa shape index (κ3) is 5.70. The Morgan fingerprint density at radius 3 is 2.81 bits per heavy atom. The molecular weight excluding hydrogens is 348 g/mol. The van der Waals surface area contributed by atoms with Crippen molar-refractivity contribution in [3.05, 3.63) is 53.6 Å². The molecule has 0 spiro atoms. The number of rotatable bonds is 9. The van der Waals surface area contributed by atoms with Crippen LogP contribution in [0, 0.1) is 0 Å². The van der Waals surface area contributed by atoms with Gasteiger partial charge in [-0.1, -0.05) is 12.1 Å². The Labute approximate surface area is 158 Å². The molecule has 1 heterocycles. The Bertz CT molecular complexity index is 739. The number of aldehydes is 1. The minimum absolute atomic E-state index is 0.186. The lowest BCUT2D eigenvalue weighted by Crippen LogP contribution is -2.25. The Balaban J connectivity index is 1.69. The number of ether oxygens (including phenoxy) is 5. The summed E-state index contributed by atoms with van der Waals surface area (Å²) in [6.07, 6.45) is 3.46. The number of methoxy groups -OCH3 is 1. The van der Waals surface area contributed by atoms with Crippen molar-refractivity contribution in [1.82, 2.24) is 0 Å². The molecule has 1 fully saturated rings. The fourth-order valence-corrected chi connectivity index (χ4v) is 2.77.